The van der Waals surface area contributed by atoms with Gasteiger partial charge in [-0.05, 0) is 24.7 Å². The fourth-order valence-corrected chi connectivity index (χ4v) is 2.11. The van der Waals surface area contributed by atoms with Crippen molar-refractivity contribution in [1.29, 1.82) is 0 Å². The molecule has 3 nitrogen and oxygen atoms in total. The molecule has 1 aromatic rings. The van der Waals surface area contributed by atoms with E-state index in [4.69, 9.17) is 0 Å². The normalized spacial score (nSPS) is 15.4. The number of aromatic nitrogens is 2. The second-order valence-corrected chi connectivity index (χ2v) is 5.07. The summed E-state index contributed by atoms with van der Waals surface area (Å²) in [6.07, 6.45) is 4.73. The van der Waals surface area contributed by atoms with E-state index in [1.54, 1.807) is 11.8 Å². The molecular formula is C10H18N2OS. The maximum Gasteiger partial charge on any atom is 0.0627 e. The van der Waals surface area contributed by atoms with Crippen molar-refractivity contribution in [1.82, 2.24) is 9.78 Å². The van der Waals surface area contributed by atoms with Gasteiger partial charge in [0.1, 0.15) is 0 Å². The maximum atomic E-state index is 9.28. The Labute approximate surface area is 89.5 Å². The highest BCUT2D eigenvalue weighted by atomic mass is 32.2. The summed E-state index contributed by atoms with van der Waals surface area (Å²) in [5, 5.41) is 13.7. The molecule has 14 heavy (non-hydrogen) atoms. The lowest BCUT2D eigenvalue weighted by molar-refractivity contribution is 0.196. The number of hydrogen-bond acceptors (Lipinski definition) is 3. The molecule has 0 aliphatic carbocycles. The minimum Gasteiger partial charge on any atom is -0.392 e. The zero-order chi connectivity index (χ0) is 10.6. The van der Waals surface area contributed by atoms with Gasteiger partial charge in [-0.1, -0.05) is 6.92 Å². The molecule has 0 spiro atoms. The van der Waals surface area contributed by atoms with E-state index in [0.717, 1.165) is 12.2 Å². The van der Waals surface area contributed by atoms with E-state index in [2.05, 4.69) is 12.0 Å². The van der Waals surface area contributed by atoms with Crippen molar-refractivity contribution >= 4 is 11.8 Å². The number of rotatable bonds is 5. The molecule has 4 heteroatoms. The molecular weight excluding hydrogens is 196 g/mol. The van der Waals surface area contributed by atoms with E-state index in [1.165, 1.54) is 5.56 Å². The molecule has 0 saturated heterocycles. The number of nitrogens with zero attached hydrogens (tertiary/aromatic N) is 2. The first-order valence-electron chi connectivity index (χ1n) is 4.87. The molecule has 0 fully saturated rings. The van der Waals surface area contributed by atoms with Crippen molar-refractivity contribution in [3.8, 4) is 0 Å². The fraction of sp³-hybridized carbons (Fsp3) is 0.700. The van der Waals surface area contributed by atoms with E-state index in [0.29, 0.717) is 5.25 Å². The SMILES string of the molecule is CC(O)C(C)SCCc1cnn(C)c1. The summed E-state index contributed by atoms with van der Waals surface area (Å²) in [5.74, 6) is 1.04. The predicted octanol–water partition coefficient (Wildman–Crippen LogP) is 1.47. The monoisotopic (exact) mass is 214 g/mol. The summed E-state index contributed by atoms with van der Waals surface area (Å²) >= 11 is 1.80. The zero-order valence-corrected chi connectivity index (χ0v) is 9.79. The van der Waals surface area contributed by atoms with Crippen LogP contribution >= 0.6 is 11.8 Å². The van der Waals surface area contributed by atoms with Crippen molar-refractivity contribution in [2.24, 2.45) is 7.05 Å². The Morgan fingerprint density at radius 1 is 1.57 bits per heavy atom. The van der Waals surface area contributed by atoms with Gasteiger partial charge in [-0.3, -0.25) is 4.68 Å². The van der Waals surface area contributed by atoms with Gasteiger partial charge >= 0.3 is 0 Å². The Morgan fingerprint density at radius 3 is 2.79 bits per heavy atom. The fourth-order valence-electron chi connectivity index (χ4n) is 1.10. The average molecular weight is 214 g/mol. The molecule has 2 unspecified atom stereocenters. The summed E-state index contributed by atoms with van der Waals surface area (Å²) in [4.78, 5) is 0. The van der Waals surface area contributed by atoms with Crippen LogP contribution < -0.4 is 0 Å². The smallest absolute Gasteiger partial charge is 0.0627 e. The molecule has 1 N–H and O–H groups in total. The highest BCUT2D eigenvalue weighted by molar-refractivity contribution is 7.99. The van der Waals surface area contributed by atoms with E-state index in [-0.39, 0.29) is 6.10 Å². The predicted molar refractivity (Wildman–Crippen MR) is 60.5 cm³/mol. The molecule has 1 aromatic heterocycles. The van der Waals surface area contributed by atoms with Gasteiger partial charge in [0.25, 0.3) is 0 Å². The molecule has 0 amide bonds. The number of aliphatic hydroxyl groups excluding tert-OH is 1. The zero-order valence-electron chi connectivity index (χ0n) is 8.97. The number of thioether (sulfide) groups is 1. The highest BCUT2D eigenvalue weighted by Crippen LogP contribution is 2.15. The van der Waals surface area contributed by atoms with Gasteiger partial charge in [-0.2, -0.15) is 16.9 Å². The Balaban J connectivity index is 2.22. The molecule has 0 radical (unpaired) electrons. The second-order valence-electron chi connectivity index (χ2n) is 3.59. The third-order valence-corrected chi connectivity index (χ3v) is 3.57. The van der Waals surface area contributed by atoms with E-state index >= 15 is 0 Å². The third-order valence-electron chi connectivity index (χ3n) is 2.21. The molecule has 0 aliphatic rings. The minimum atomic E-state index is -0.228. The van der Waals surface area contributed by atoms with Crippen molar-refractivity contribution in [3.63, 3.8) is 0 Å². The molecule has 2 atom stereocenters. The number of aliphatic hydroxyl groups is 1. The van der Waals surface area contributed by atoms with Gasteiger partial charge in [0.2, 0.25) is 0 Å². The third kappa shape index (κ3) is 3.72. The van der Waals surface area contributed by atoms with Gasteiger partial charge in [0.05, 0.1) is 12.3 Å². The van der Waals surface area contributed by atoms with Crippen LogP contribution in [0.4, 0.5) is 0 Å². The van der Waals surface area contributed by atoms with Gasteiger partial charge < -0.3 is 5.11 Å². The Kier molecular flexibility index (Phi) is 4.48. The first-order chi connectivity index (χ1) is 6.59. The first-order valence-corrected chi connectivity index (χ1v) is 5.91. The summed E-state index contributed by atoms with van der Waals surface area (Å²) in [6.45, 7) is 3.89. The van der Waals surface area contributed by atoms with Crippen LogP contribution in [0.5, 0.6) is 0 Å². The van der Waals surface area contributed by atoms with E-state index in [9.17, 15) is 5.11 Å². The van der Waals surface area contributed by atoms with Gasteiger partial charge in [-0.25, -0.2) is 0 Å². The van der Waals surface area contributed by atoms with Gasteiger partial charge in [0, 0.05) is 18.5 Å². The molecule has 0 bridgehead atoms. The lowest BCUT2D eigenvalue weighted by atomic mass is 10.3. The van der Waals surface area contributed by atoms with Gasteiger partial charge in [-0.15, -0.1) is 0 Å². The maximum absolute atomic E-state index is 9.28. The molecule has 1 rings (SSSR count). The Bertz CT molecular complexity index is 273. The van der Waals surface area contributed by atoms with Crippen LogP contribution in [0.15, 0.2) is 12.4 Å². The van der Waals surface area contributed by atoms with Crippen LogP contribution in [-0.4, -0.2) is 32.0 Å². The summed E-state index contributed by atoms with van der Waals surface area (Å²) in [5.41, 5.74) is 1.26. The topological polar surface area (TPSA) is 38.1 Å². The number of aryl methyl sites for hydroxylation is 2. The second kappa shape index (κ2) is 5.41. The van der Waals surface area contributed by atoms with Crippen LogP contribution in [0.2, 0.25) is 0 Å². The minimum absolute atomic E-state index is 0.228. The molecule has 0 aliphatic heterocycles. The molecule has 0 aromatic carbocycles. The van der Waals surface area contributed by atoms with Crippen molar-refractivity contribution in [2.45, 2.75) is 31.6 Å². The van der Waals surface area contributed by atoms with Crippen LogP contribution in [0.25, 0.3) is 0 Å². The standard InChI is InChI=1S/C10H18N2OS/c1-8(13)9(2)14-5-4-10-6-11-12(3)7-10/h6-9,13H,4-5H2,1-3H3. The lowest BCUT2D eigenvalue weighted by Crippen LogP contribution is -2.15. The van der Waals surface area contributed by atoms with Crippen LogP contribution in [0.1, 0.15) is 19.4 Å². The highest BCUT2D eigenvalue weighted by Gasteiger charge is 2.08. The van der Waals surface area contributed by atoms with Gasteiger partial charge in [0.15, 0.2) is 0 Å². The van der Waals surface area contributed by atoms with Crippen LogP contribution in [-0.2, 0) is 13.5 Å². The summed E-state index contributed by atoms with van der Waals surface area (Å²) in [7, 11) is 1.93. The van der Waals surface area contributed by atoms with E-state index in [1.807, 2.05) is 31.0 Å². The average Bonchev–Trinajstić information content (AvgIpc) is 2.51. The quantitative estimate of drug-likeness (QED) is 0.806. The summed E-state index contributed by atoms with van der Waals surface area (Å²) < 4.78 is 1.82. The number of hydrogen-bond donors (Lipinski definition) is 1. The first kappa shape index (κ1) is 11.6. The molecule has 0 saturated carbocycles. The van der Waals surface area contributed by atoms with Crippen LogP contribution in [0, 0.1) is 0 Å². The van der Waals surface area contributed by atoms with Crippen molar-refractivity contribution < 1.29 is 5.11 Å². The largest absolute Gasteiger partial charge is 0.392 e. The van der Waals surface area contributed by atoms with Crippen molar-refractivity contribution in [2.75, 3.05) is 5.75 Å². The molecule has 1 heterocycles. The van der Waals surface area contributed by atoms with E-state index < -0.39 is 0 Å². The summed E-state index contributed by atoms with van der Waals surface area (Å²) in [6, 6.07) is 0. The molecule has 80 valence electrons. The lowest BCUT2D eigenvalue weighted by Gasteiger charge is -2.13. The van der Waals surface area contributed by atoms with Crippen molar-refractivity contribution in [3.05, 3.63) is 18.0 Å². The Hall–Kier alpha value is -0.480. The Morgan fingerprint density at radius 2 is 2.29 bits per heavy atom. The van der Waals surface area contributed by atoms with Crippen LogP contribution in [0.3, 0.4) is 0 Å².